The topological polar surface area (TPSA) is 49.3 Å². The summed E-state index contributed by atoms with van der Waals surface area (Å²) in [4.78, 5) is 13.3. The zero-order valence-corrected chi connectivity index (χ0v) is 13.0. The highest BCUT2D eigenvalue weighted by atomic mass is 32.1. The SMILES string of the molecule is CC(C)(C)c1ccc(C(Nc2ccccc2F)C(=O)O)s1. The molecule has 0 saturated carbocycles. The van der Waals surface area contributed by atoms with Gasteiger partial charge in [-0.05, 0) is 29.7 Å². The van der Waals surface area contributed by atoms with Crippen LogP contribution in [0.25, 0.3) is 0 Å². The molecule has 1 heterocycles. The van der Waals surface area contributed by atoms with Crippen LogP contribution in [0.2, 0.25) is 0 Å². The number of benzene rings is 1. The van der Waals surface area contributed by atoms with Gasteiger partial charge in [0, 0.05) is 9.75 Å². The summed E-state index contributed by atoms with van der Waals surface area (Å²) in [6.07, 6.45) is 0. The minimum absolute atomic E-state index is 0.0377. The molecule has 5 heteroatoms. The van der Waals surface area contributed by atoms with E-state index < -0.39 is 17.8 Å². The van der Waals surface area contributed by atoms with Crippen LogP contribution >= 0.6 is 11.3 Å². The Morgan fingerprint density at radius 1 is 1.24 bits per heavy atom. The van der Waals surface area contributed by atoms with Crippen molar-refractivity contribution < 1.29 is 14.3 Å². The van der Waals surface area contributed by atoms with Gasteiger partial charge in [0.15, 0.2) is 6.04 Å². The van der Waals surface area contributed by atoms with Crippen molar-refractivity contribution in [2.24, 2.45) is 0 Å². The lowest BCUT2D eigenvalue weighted by Gasteiger charge is -2.17. The Morgan fingerprint density at radius 3 is 2.43 bits per heavy atom. The van der Waals surface area contributed by atoms with Gasteiger partial charge in [0.2, 0.25) is 0 Å². The predicted octanol–water partition coefficient (Wildman–Crippen LogP) is 4.42. The number of carbonyl (C=O) groups is 1. The molecule has 1 atom stereocenters. The molecule has 0 amide bonds. The zero-order chi connectivity index (χ0) is 15.6. The highest BCUT2D eigenvalue weighted by Crippen LogP contribution is 2.34. The maximum atomic E-state index is 13.7. The fourth-order valence-electron chi connectivity index (χ4n) is 1.90. The Morgan fingerprint density at radius 2 is 1.90 bits per heavy atom. The maximum Gasteiger partial charge on any atom is 0.331 e. The van der Waals surface area contributed by atoms with Gasteiger partial charge in [0.05, 0.1) is 5.69 Å². The van der Waals surface area contributed by atoms with Crippen molar-refractivity contribution >= 4 is 23.0 Å². The average Bonchev–Trinajstić information content (AvgIpc) is 2.86. The van der Waals surface area contributed by atoms with Gasteiger partial charge in [-0.25, -0.2) is 9.18 Å². The molecule has 0 radical (unpaired) electrons. The fraction of sp³-hybridized carbons (Fsp3) is 0.312. The van der Waals surface area contributed by atoms with Gasteiger partial charge in [-0.1, -0.05) is 32.9 Å². The molecule has 0 aliphatic carbocycles. The Hall–Kier alpha value is -1.88. The number of rotatable bonds is 4. The lowest BCUT2D eigenvalue weighted by Crippen LogP contribution is -2.20. The van der Waals surface area contributed by atoms with Crippen LogP contribution in [0.1, 0.15) is 36.6 Å². The van der Waals surface area contributed by atoms with Crippen molar-refractivity contribution in [3.05, 3.63) is 52.0 Å². The largest absolute Gasteiger partial charge is 0.479 e. The second-order valence-corrected chi connectivity index (χ2v) is 6.96. The number of nitrogens with one attached hydrogen (secondary N) is 1. The van der Waals surface area contributed by atoms with Gasteiger partial charge in [0.1, 0.15) is 5.82 Å². The summed E-state index contributed by atoms with van der Waals surface area (Å²) < 4.78 is 13.7. The Bertz CT molecular complexity index is 646. The average molecular weight is 307 g/mol. The molecule has 0 fully saturated rings. The van der Waals surface area contributed by atoms with Crippen LogP contribution in [0.4, 0.5) is 10.1 Å². The Balaban J connectivity index is 2.30. The van der Waals surface area contributed by atoms with Crippen LogP contribution in [0.3, 0.4) is 0 Å². The normalized spacial score (nSPS) is 13.0. The number of halogens is 1. The third-order valence-corrected chi connectivity index (χ3v) is 4.65. The van der Waals surface area contributed by atoms with Crippen molar-refractivity contribution in [3.63, 3.8) is 0 Å². The fourth-order valence-corrected chi connectivity index (χ4v) is 3.01. The van der Waals surface area contributed by atoms with Gasteiger partial charge in [-0.15, -0.1) is 11.3 Å². The predicted molar refractivity (Wildman–Crippen MR) is 83.4 cm³/mol. The van der Waals surface area contributed by atoms with Crippen LogP contribution in [-0.2, 0) is 10.2 Å². The smallest absolute Gasteiger partial charge is 0.331 e. The van der Waals surface area contributed by atoms with Gasteiger partial charge >= 0.3 is 5.97 Å². The lowest BCUT2D eigenvalue weighted by molar-refractivity contribution is -0.138. The molecule has 3 nitrogen and oxygen atoms in total. The van der Waals surface area contributed by atoms with E-state index in [2.05, 4.69) is 26.1 Å². The summed E-state index contributed by atoms with van der Waals surface area (Å²) in [7, 11) is 0. The molecule has 2 rings (SSSR count). The summed E-state index contributed by atoms with van der Waals surface area (Å²) in [5.74, 6) is -1.49. The van der Waals surface area contributed by atoms with E-state index in [1.54, 1.807) is 18.2 Å². The quantitative estimate of drug-likeness (QED) is 0.879. The van der Waals surface area contributed by atoms with Crippen LogP contribution in [-0.4, -0.2) is 11.1 Å². The minimum Gasteiger partial charge on any atom is -0.479 e. The van der Waals surface area contributed by atoms with E-state index in [1.165, 1.54) is 23.5 Å². The van der Waals surface area contributed by atoms with Gasteiger partial charge in [0.25, 0.3) is 0 Å². The molecule has 0 saturated heterocycles. The number of para-hydroxylation sites is 1. The molecule has 0 spiro atoms. The zero-order valence-electron chi connectivity index (χ0n) is 12.2. The van der Waals surface area contributed by atoms with E-state index in [0.29, 0.717) is 4.88 Å². The third kappa shape index (κ3) is 3.61. The monoisotopic (exact) mass is 307 g/mol. The number of aliphatic carboxylic acids is 1. The van der Waals surface area contributed by atoms with Crippen molar-refractivity contribution in [2.75, 3.05) is 5.32 Å². The molecule has 112 valence electrons. The molecular formula is C16H18FNO2S. The molecule has 21 heavy (non-hydrogen) atoms. The Kier molecular flexibility index (Phi) is 4.32. The molecule has 0 bridgehead atoms. The molecule has 0 aliphatic heterocycles. The molecule has 0 aliphatic rings. The number of anilines is 1. The Labute approximate surface area is 127 Å². The summed E-state index contributed by atoms with van der Waals surface area (Å²) in [6, 6.07) is 8.83. The van der Waals surface area contributed by atoms with Gasteiger partial charge < -0.3 is 10.4 Å². The number of hydrogen-bond acceptors (Lipinski definition) is 3. The number of thiophene rings is 1. The van der Waals surface area contributed by atoms with Gasteiger partial charge in [-0.3, -0.25) is 0 Å². The highest BCUT2D eigenvalue weighted by molar-refractivity contribution is 7.12. The van der Waals surface area contributed by atoms with E-state index in [9.17, 15) is 14.3 Å². The van der Waals surface area contributed by atoms with Crippen molar-refractivity contribution in [3.8, 4) is 0 Å². The summed E-state index contributed by atoms with van der Waals surface area (Å²) in [6.45, 7) is 6.22. The summed E-state index contributed by atoms with van der Waals surface area (Å²) in [5.41, 5.74) is 0.153. The first kappa shape index (κ1) is 15.5. The van der Waals surface area contributed by atoms with E-state index in [0.717, 1.165) is 4.88 Å². The minimum atomic E-state index is -1.03. The molecular weight excluding hydrogens is 289 g/mol. The molecule has 2 aromatic rings. The first-order chi connectivity index (χ1) is 9.79. The second kappa shape index (κ2) is 5.85. The molecule has 2 N–H and O–H groups in total. The van der Waals surface area contributed by atoms with Gasteiger partial charge in [-0.2, -0.15) is 0 Å². The lowest BCUT2D eigenvalue weighted by atomic mass is 9.95. The summed E-state index contributed by atoms with van der Waals surface area (Å²) >= 11 is 1.44. The number of carboxylic acid groups (broad SMARTS) is 1. The van der Waals surface area contributed by atoms with Crippen molar-refractivity contribution in [2.45, 2.75) is 32.2 Å². The molecule has 1 aromatic carbocycles. The highest BCUT2D eigenvalue weighted by Gasteiger charge is 2.25. The second-order valence-electron chi connectivity index (χ2n) is 5.85. The number of hydrogen-bond donors (Lipinski definition) is 2. The van der Waals surface area contributed by atoms with Crippen molar-refractivity contribution in [1.29, 1.82) is 0 Å². The third-order valence-electron chi connectivity index (χ3n) is 3.07. The van der Waals surface area contributed by atoms with E-state index in [1.807, 2.05) is 6.07 Å². The summed E-state index contributed by atoms with van der Waals surface area (Å²) in [5, 5.41) is 12.2. The maximum absolute atomic E-state index is 13.7. The van der Waals surface area contributed by atoms with Crippen LogP contribution in [0.5, 0.6) is 0 Å². The standard InChI is InChI=1S/C16H18FNO2S/c1-16(2,3)13-9-8-12(21-13)14(15(19)20)18-11-7-5-4-6-10(11)17/h4-9,14,18H,1-3H3,(H,19,20). The van der Waals surface area contributed by atoms with Crippen molar-refractivity contribution in [1.82, 2.24) is 0 Å². The molecule has 1 unspecified atom stereocenters. The van der Waals surface area contributed by atoms with Crippen LogP contribution < -0.4 is 5.32 Å². The van der Waals surface area contributed by atoms with E-state index in [4.69, 9.17) is 0 Å². The van der Waals surface area contributed by atoms with E-state index >= 15 is 0 Å². The molecule has 1 aromatic heterocycles. The van der Waals surface area contributed by atoms with Crippen LogP contribution in [0.15, 0.2) is 36.4 Å². The number of carboxylic acids is 1. The first-order valence-electron chi connectivity index (χ1n) is 6.63. The first-order valence-corrected chi connectivity index (χ1v) is 7.45. The van der Waals surface area contributed by atoms with Crippen LogP contribution in [0, 0.1) is 5.82 Å². The van der Waals surface area contributed by atoms with E-state index in [-0.39, 0.29) is 11.1 Å².